The molecule has 0 radical (unpaired) electrons. The smallest absolute Gasteiger partial charge is 0.392 e. The van der Waals surface area contributed by atoms with E-state index < -0.39 is 30.3 Å². The van der Waals surface area contributed by atoms with Gasteiger partial charge in [0.15, 0.2) is 6.29 Å². The Hall–Kier alpha value is -4.30. The molecule has 13 heteroatoms. The summed E-state index contributed by atoms with van der Waals surface area (Å²) in [6.45, 7) is 6.60. The Kier molecular flexibility index (Phi) is 13.2. The Balaban J connectivity index is 1.07. The van der Waals surface area contributed by atoms with E-state index in [-0.39, 0.29) is 55.8 Å². The molecule has 0 aromatic heterocycles. The number of hydrogen-bond acceptors (Lipinski definition) is 7. The molecule has 0 spiro atoms. The summed E-state index contributed by atoms with van der Waals surface area (Å²) >= 11 is 0. The SMILES string of the molecule is CC(C)(C)NC(=O)[C@H]1CC[C@H]2CCCC[C@H]2N1C[C@H]1C[C@@H](c2ccc(CO)cc2)O[C@@H](c2ccc(-c3cccc(CNC(=O)[C@@H]4CCCN4C(=O)C(F)(F)F)c3)cc2)O1. The standard InChI is InChI=1S/C46H57F3N4O6/c1-45(2,3)51-42(56)39-22-21-32-9-4-5-11-37(32)53(39)27-36-25-40(33-15-13-29(28-54)14-16-33)59-43(58-36)34-19-17-31(18-20-34)35-10-6-8-30(24-35)26-50-41(55)38-12-7-23-52(38)44(57)46(47,48)49/h6,8,10,13-20,24,32,36-40,43,54H,4-5,7,9,11-12,21-23,25-28H2,1-3H3,(H,50,55)(H,51,56)/t32-,36-,37-,38+,39-,40+,43+/m1/s1. The number of ether oxygens (including phenoxy) is 2. The topological polar surface area (TPSA) is 120 Å². The average Bonchev–Trinajstić information content (AvgIpc) is 3.72. The molecule has 59 heavy (non-hydrogen) atoms. The van der Waals surface area contributed by atoms with Crippen molar-refractivity contribution < 1.29 is 42.1 Å². The first kappa shape index (κ1) is 42.8. The van der Waals surface area contributed by atoms with Crippen molar-refractivity contribution in [3.05, 3.63) is 95.1 Å². The third kappa shape index (κ3) is 10.4. The number of carbonyl (C=O) groups is 3. The van der Waals surface area contributed by atoms with Gasteiger partial charge < -0.3 is 30.1 Å². The number of likely N-dealkylation sites (tertiary alicyclic amines) is 2. The highest BCUT2D eigenvalue weighted by Crippen LogP contribution is 2.42. The molecule has 0 unspecified atom stereocenters. The molecule has 3 amide bonds. The van der Waals surface area contributed by atoms with Gasteiger partial charge in [-0.25, -0.2) is 0 Å². The number of benzene rings is 3. The van der Waals surface area contributed by atoms with Crippen LogP contribution in [-0.2, 0) is 37.0 Å². The van der Waals surface area contributed by atoms with Gasteiger partial charge in [0.2, 0.25) is 11.8 Å². The predicted octanol–water partition coefficient (Wildman–Crippen LogP) is 7.50. The first-order valence-electron chi connectivity index (χ1n) is 21.1. The van der Waals surface area contributed by atoms with Crippen molar-refractivity contribution in [1.82, 2.24) is 20.4 Å². The molecule has 0 bridgehead atoms. The first-order valence-corrected chi connectivity index (χ1v) is 21.1. The molecular weight excluding hydrogens is 762 g/mol. The van der Waals surface area contributed by atoms with Crippen LogP contribution in [0.4, 0.5) is 13.2 Å². The number of rotatable bonds is 10. The van der Waals surface area contributed by atoms with E-state index >= 15 is 0 Å². The Morgan fingerprint density at radius 3 is 2.22 bits per heavy atom. The molecule has 3 aliphatic heterocycles. The molecule has 1 aliphatic carbocycles. The fourth-order valence-electron chi connectivity index (χ4n) is 9.44. The van der Waals surface area contributed by atoms with Crippen molar-refractivity contribution in [1.29, 1.82) is 0 Å². The van der Waals surface area contributed by atoms with E-state index in [0.717, 1.165) is 59.1 Å². The van der Waals surface area contributed by atoms with Crippen molar-refractivity contribution in [2.75, 3.05) is 13.1 Å². The summed E-state index contributed by atoms with van der Waals surface area (Å²) in [6, 6.07) is 22.2. The molecule has 3 aromatic rings. The Morgan fingerprint density at radius 2 is 1.51 bits per heavy atom. The second-order valence-corrected chi connectivity index (χ2v) is 17.7. The van der Waals surface area contributed by atoms with Crippen molar-refractivity contribution in [3.8, 4) is 11.1 Å². The Morgan fingerprint density at radius 1 is 0.780 bits per heavy atom. The van der Waals surface area contributed by atoms with Gasteiger partial charge in [-0.1, -0.05) is 79.6 Å². The van der Waals surface area contributed by atoms with Gasteiger partial charge in [-0.05, 0) is 99.1 Å². The zero-order valence-corrected chi connectivity index (χ0v) is 34.2. The summed E-state index contributed by atoms with van der Waals surface area (Å²) < 4.78 is 52.8. The number of halogens is 3. The molecule has 10 nitrogen and oxygen atoms in total. The monoisotopic (exact) mass is 818 g/mol. The van der Waals surface area contributed by atoms with E-state index in [1.54, 1.807) is 0 Å². The van der Waals surface area contributed by atoms with E-state index in [9.17, 15) is 32.7 Å². The lowest BCUT2D eigenvalue weighted by Crippen LogP contribution is -2.61. The molecule has 7 atom stereocenters. The summed E-state index contributed by atoms with van der Waals surface area (Å²) in [7, 11) is 0. The summed E-state index contributed by atoms with van der Waals surface area (Å²) in [4.78, 5) is 41.7. The highest BCUT2D eigenvalue weighted by atomic mass is 19.4. The number of amides is 3. The number of aliphatic hydroxyl groups excluding tert-OH is 1. The van der Waals surface area contributed by atoms with E-state index in [2.05, 4.69) is 15.5 Å². The van der Waals surface area contributed by atoms with Crippen LogP contribution in [0, 0.1) is 5.92 Å². The van der Waals surface area contributed by atoms with Crippen LogP contribution in [0.1, 0.15) is 113 Å². The molecule has 7 rings (SSSR count). The van der Waals surface area contributed by atoms with Gasteiger partial charge in [-0.3, -0.25) is 19.3 Å². The largest absolute Gasteiger partial charge is 0.471 e. The average molecular weight is 819 g/mol. The minimum atomic E-state index is -5.03. The Labute approximate surface area is 344 Å². The number of aliphatic hydroxyl groups is 1. The normalized spacial score (nSPS) is 26.6. The fraction of sp³-hybridized carbons (Fsp3) is 0.543. The molecule has 4 fully saturated rings. The molecule has 3 heterocycles. The van der Waals surface area contributed by atoms with Crippen molar-refractivity contribution >= 4 is 17.7 Å². The van der Waals surface area contributed by atoms with Gasteiger partial charge >= 0.3 is 12.1 Å². The highest BCUT2D eigenvalue weighted by Gasteiger charge is 2.48. The van der Waals surface area contributed by atoms with E-state index in [1.165, 1.54) is 12.8 Å². The summed E-state index contributed by atoms with van der Waals surface area (Å²) in [5.41, 5.74) is 4.86. The third-order valence-corrected chi connectivity index (χ3v) is 12.3. The molecule has 3 aromatic carbocycles. The highest BCUT2D eigenvalue weighted by molar-refractivity contribution is 5.90. The first-order chi connectivity index (χ1) is 28.2. The van der Waals surface area contributed by atoms with Gasteiger partial charge in [-0.2, -0.15) is 13.2 Å². The van der Waals surface area contributed by atoms with Crippen molar-refractivity contribution in [2.24, 2.45) is 5.92 Å². The lowest BCUT2D eigenvalue weighted by atomic mass is 9.75. The lowest BCUT2D eigenvalue weighted by Gasteiger charge is -2.50. The van der Waals surface area contributed by atoms with Crippen molar-refractivity contribution in [2.45, 2.75) is 140 Å². The van der Waals surface area contributed by atoms with Crippen molar-refractivity contribution in [3.63, 3.8) is 0 Å². The van der Waals surface area contributed by atoms with E-state index in [4.69, 9.17) is 9.47 Å². The number of nitrogens with one attached hydrogen (secondary N) is 2. The van der Waals surface area contributed by atoms with Gasteiger partial charge in [-0.15, -0.1) is 0 Å². The summed E-state index contributed by atoms with van der Waals surface area (Å²) in [5.74, 6) is -1.96. The number of fused-ring (bicyclic) bond motifs is 1. The quantitative estimate of drug-likeness (QED) is 0.194. The van der Waals surface area contributed by atoms with Crippen LogP contribution in [0.2, 0.25) is 0 Å². The maximum absolute atomic E-state index is 13.8. The fourth-order valence-corrected chi connectivity index (χ4v) is 9.44. The van der Waals surface area contributed by atoms with Crippen LogP contribution in [0.25, 0.3) is 11.1 Å². The second kappa shape index (κ2) is 18.1. The number of piperidine rings is 1. The predicted molar refractivity (Wildman–Crippen MR) is 216 cm³/mol. The number of carbonyl (C=O) groups excluding carboxylic acids is 3. The van der Waals surface area contributed by atoms with Crippen LogP contribution in [-0.4, -0.2) is 81.7 Å². The molecule has 3 saturated heterocycles. The zero-order chi connectivity index (χ0) is 41.9. The van der Waals surface area contributed by atoms with Crippen LogP contribution in [0.3, 0.4) is 0 Å². The second-order valence-electron chi connectivity index (χ2n) is 17.7. The zero-order valence-electron chi connectivity index (χ0n) is 34.2. The van der Waals surface area contributed by atoms with E-state index in [1.807, 2.05) is 93.6 Å². The number of alkyl halides is 3. The van der Waals surface area contributed by atoms with Crippen LogP contribution < -0.4 is 10.6 Å². The van der Waals surface area contributed by atoms with E-state index in [0.29, 0.717) is 36.2 Å². The molecule has 318 valence electrons. The summed E-state index contributed by atoms with van der Waals surface area (Å²) in [6.07, 6.45) is 1.40. The van der Waals surface area contributed by atoms with Crippen LogP contribution >= 0.6 is 0 Å². The molecule has 1 saturated carbocycles. The van der Waals surface area contributed by atoms with Crippen LogP contribution in [0.5, 0.6) is 0 Å². The van der Waals surface area contributed by atoms with Gasteiger partial charge in [0.05, 0.1) is 24.9 Å². The molecule has 4 aliphatic rings. The Bertz CT molecular complexity index is 1930. The number of hydrogen-bond donors (Lipinski definition) is 3. The lowest BCUT2D eigenvalue weighted by molar-refractivity contribution is -0.255. The number of nitrogens with zero attached hydrogens (tertiary/aromatic N) is 2. The molecular formula is C46H57F3N4O6. The van der Waals surface area contributed by atoms with Gasteiger partial charge in [0, 0.05) is 43.2 Å². The minimum absolute atomic E-state index is 0.0493. The van der Waals surface area contributed by atoms with Gasteiger partial charge in [0.25, 0.3) is 0 Å². The van der Waals surface area contributed by atoms with Gasteiger partial charge in [0.1, 0.15) is 6.04 Å². The maximum atomic E-state index is 13.8. The van der Waals surface area contributed by atoms with Crippen LogP contribution in [0.15, 0.2) is 72.8 Å². The maximum Gasteiger partial charge on any atom is 0.471 e. The summed E-state index contributed by atoms with van der Waals surface area (Å²) in [5, 5.41) is 15.7. The third-order valence-electron chi connectivity index (χ3n) is 12.3. The molecule has 3 N–H and O–H groups in total. The minimum Gasteiger partial charge on any atom is -0.392 e.